The molecule has 0 fully saturated rings. The Bertz CT molecular complexity index is 422. The van der Waals surface area contributed by atoms with Gasteiger partial charge in [0.15, 0.2) is 5.65 Å². The highest BCUT2D eigenvalue weighted by molar-refractivity contribution is 5.54. The molecular formula is C8H5N3. The third-order valence-corrected chi connectivity index (χ3v) is 1.48. The van der Waals surface area contributed by atoms with E-state index in [1.54, 1.807) is 10.7 Å². The van der Waals surface area contributed by atoms with E-state index in [1.165, 1.54) is 0 Å². The van der Waals surface area contributed by atoms with Crippen LogP contribution in [-0.2, 0) is 0 Å². The minimum absolute atomic E-state index is 0.731. The first-order chi connectivity index (χ1) is 5.42. The lowest BCUT2D eigenvalue weighted by Crippen LogP contribution is -1.85. The van der Waals surface area contributed by atoms with Crippen LogP contribution in [0.25, 0.3) is 5.65 Å². The van der Waals surface area contributed by atoms with Gasteiger partial charge in [0.05, 0.1) is 5.56 Å². The Morgan fingerprint density at radius 2 is 2.45 bits per heavy atom. The van der Waals surface area contributed by atoms with Gasteiger partial charge in [-0.3, -0.25) is 4.40 Å². The van der Waals surface area contributed by atoms with Crippen molar-refractivity contribution in [1.82, 2.24) is 14.6 Å². The minimum atomic E-state index is 0.731. The summed E-state index contributed by atoms with van der Waals surface area (Å²) in [6.45, 7) is 0. The van der Waals surface area contributed by atoms with Crippen LogP contribution in [0, 0.1) is 12.3 Å². The second-order valence-corrected chi connectivity index (χ2v) is 2.13. The lowest BCUT2D eigenvalue weighted by atomic mass is 10.3. The summed E-state index contributed by atoms with van der Waals surface area (Å²) in [6, 6.07) is 3.70. The van der Waals surface area contributed by atoms with E-state index in [1.807, 2.05) is 18.3 Å². The minimum Gasteiger partial charge on any atom is -0.288 e. The van der Waals surface area contributed by atoms with E-state index in [2.05, 4.69) is 16.1 Å². The monoisotopic (exact) mass is 143 g/mol. The summed E-state index contributed by atoms with van der Waals surface area (Å²) in [5.41, 5.74) is 1.50. The van der Waals surface area contributed by atoms with Crippen molar-refractivity contribution in [2.24, 2.45) is 0 Å². The zero-order valence-corrected chi connectivity index (χ0v) is 5.73. The molecule has 0 aliphatic rings. The maximum absolute atomic E-state index is 5.24. The number of terminal acetylenes is 1. The molecule has 0 saturated carbocycles. The van der Waals surface area contributed by atoms with Crippen molar-refractivity contribution in [3.05, 3.63) is 30.2 Å². The Hall–Kier alpha value is -1.82. The third-order valence-electron chi connectivity index (χ3n) is 1.48. The van der Waals surface area contributed by atoms with E-state index in [0.29, 0.717) is 0 Å². The topological polar surface area (TPSA) is 30.2 Å². The molecule has 0 aromatic carbocycles. The molecule has 52 valence electrons. The Morgan fingerprint density at radius 3 is 3.27 bits per heavy atom. The van der Waals surface area contributed by atoms with Gasteiger partial charge in [-0.15, -0.1) is 16.6 Å². The first-order valence-corrected chi connectivity index (χ1v) is 3.17. The predicted octanol–water partition coefficient (Wildman–Crippen LogP) is 0.711. The van der Waals surface area contributed by atoms with Crippen molar-refractivity contribution < 1.29 is 0 Å². The van der Waals surface area contributed by atoms with Crippen molar-refractivity contribution in [3.8, 4) is 12.3 Å². The number of rotatable bonds is 0. The van der Waals surface area contributed by atoms with E-state index in [0.717, 1.165) is 11.2 Å². The average Bonchev–Trinajstić information content (AvgIpc) is 2.50. The van der Waals surface area contributed by atoms with Gasteiger partial charge < -0.3 is 0 Å². The van der Waals surface area contributed by atoms with Gasteiger partial charge in [-0.1, -0.05) is 5.92 Å². The smallest absolute Gasteiger partial charge is 0.176 e. The fourth-order valence-corrected chi connectivity index (χ4v) is 0.964. The molecule has 2 aromatic rings. The number of fused-ring (bicyclic) bond motifs is 1. The highest BCUT2D eigenvalue weighted by Crippen LogP contribution is 2.04. The lowest BCUT2D eigenvalue weighted by molar-refractivity contribution is 1.10. The third kappa shape index (κ3) is 0.767. The maximum atomic E-state index is 5.24. The van der Waals surface area contributed by atoms with Gasteiger partial charge in [0.2, 0.25) is 0 Å². The SMILES string of the molecule is C#Cc1cccn2cnnc12. The highest BCUT2D eigenvalue weighted by atomic mass is 15.2. The second kappa shape index (κ2) is 2.10. The van der Waals surface area contributed by atoms with Crippen LogP contribution >= 0.6 is 0 Å². The number of hydrogen-bond acceptors (Lipinski definition) is 2. The molecule has 0 aliphatic carbocycles. The van der Waals surface area contributed by atoms with Crippen molar-refractivity contribution in [2.45, 2.75) is 0 Å². The van der Waals surface area contributed by atoms with Crippen LogP contribution in [0.1, 0.15) is 5.56 Å². The van der Waals surface area contributed by atoms with E-state index in [4.69, 9.17) is 6.42 Å². The molecule has 0 N–H and O–H groups in total. The van der Waals surface area contributed by atoms with Gasteiger partial charge in [0.25, 0.3) is 0 Å². The normalized spacial score (nSPS) is 9.73. The van der Waals surface area contributed by atoms with E-state index in [-0.39, 0.29) is 0 Å². The van der Waals surface area contributed by atoms with Gasteiger partial charge in [-0.25, -0.2) is 0 Å². The van der Waals surface area contributed by atoms with Crippen LogP contribution in [0.2, 0.25) is 0 Å². The molecule has 0 unspecified atom stereocenters. The maximum Gasteiger partial charge on any atom is 0.176 e. The summed E-state index contributed by atoms with van der Waals surface area (Å²) in [4.78, 5) is 0. The average molecular weight is 143 g/mol. The molecule has 0 saturated heterocycles. The molecule has 0 radical (unpaired) electrons. The molecule has 0 aliphatic heterocycles. The molecular weight excluding hydrogens is 138 g/mol. The molecule has 2 heterocycles. The molecule has 11 heavy (non-hydrogen) atoms. The number of pyridine rings is 1. The summed E-state index contributed by atoms with van der Waals surface area (Å²) in [7, 11) is 0. The van der Waals surface area contributed by atoms with Gasteiger partial charge >= 0.3 is 0 Å². The van der Waals surface area contributed by atoms with Crippen LogP contribution < -0.4 is 0 Å². The first kappa shape index (κ1) is 5.93. The predicted molar refractivity (Wildman–Crippen MR) is 40.9 cm³/mol. The zero-order valence-electron chi connectivity index (χ0n) is 5.73. The Balaban J connectivity index is 2.92. The lowest BCUT2D eigenvalue weighted by Gasteiger charge is -1.91. The molecule has 0 spiro atoms. The Morgan fingerprint density at radius 1 is 1.55 bits per heavy atom. The van der Waals surface area contributed by atoms with Crippen LogP contribution in [0.4, 0.5) is 0 Å². The van der Waals surface area contributed by atoms with Crippen LogP contribution in [-0.4, -0.2) is 14.6 Å². The fraction of sp³-hybridized carbons (Fsp3) is 0. The van der Waals surface area contributed by atoms with E-state index in [9.17, 15) is 0 Å². The van der Waals surface area contributed by atoms with Gasteiger partial charge in [-0.2, -0.15) is 0 Å². The van der Waals surface area contributed by atoms with Crippen molar-refractivity contribution in [3.63, 3.8) is 0 Å². The Labute approximate surface area is 63.7 Å². The molecule has 3 nitrogen and oxygen atoms in total. The molecule has 0 bridgehead atoms. The molecule has 3 heteroatoms. The van der Waals surface area contributed by atoms with Gasteiger partial charge in [0, 0.05) is 6.20 Å². The van der Waals surface area contributed by atoms with Crippen molar-refractivity contribution >= 4 is 5.65 Å². The summed E-state index contributed by atoms with van der Waals surface area (Å²) in [6.07, 6.45) is 8.72. The van der Waals surface area contributed by atoms with Crippen molar-refractivity contribution in [2.75, 3.05) is 0 Å². The zero-order chi connectivity index (χ0) is 7.68. The number of aromatic nitrogens is 3. The summed E-state index contributed by atoms with van der Waals surface area (Å²) in [5, 5.41) is 7.59. The summed E-state index contributed by atoms with van der Waals surface area (Å²) in [5.74, 6) is 2.53. The Kier molecular flexibility index (Phi) is 1.13. The quantitative estimate of drug-likeness (QED) is 0.508. The van der Waals surface area contributed by atoms with Crippen LogP contribution in [0.3, 0.4) is 0 Å². The summed E-state index contributed by atoms with van der Waals surface area (Å²) < 4.78 is 1.79. The first-order valence-electron chi connectivity index (χ1n) is 3.17. The summed E-state index contributed by atoms with van der Waals surface area (Å²) >= 11 is 0. The molecule has 2 rings (SSSR count). The van der Waals surface area contributed by atoms with Crippen molar-refractivity contribution in [1.29, 1.82) is 0 Å². The highest BCUT2D eigenvalue weighted by Gasteiger charge is 1.97. The van der Waals surface area contributed by atoms with Gasteiger partial charge in [0.1, 0.15) is 6.33 Å². The van der Waals surface area contributed by atoms with E-state index < -0.39 is 0 Å². The van der Waals surface area contributed by atoms with Crippen LogP contribution in [0.15, 0.2) is 24.7 Å². The molecule has 2 aromatic heterocycles. The second-order valence-electron chi connectivity index (χ2n) is 2.13. The molecule has 0 atom stereocenters. The standard InChI is InChI=1S/C8H5N3/c1-2-7-4-3-5-11-6-9-10-8(7)11/h1,3-6H. The number of nitrogens with zero attached hydrogens (tertiary/aromatic N) is 3. The van der Waals surface area contributed by atoms with E-state index >= 15 is 0 Å². The fourth-order valence-electron chi connectivity index (χ4n) is 0.964. The largest absolute Gasteiger partial charge is 0.288 e. The van der Waals surface area contributed by atoms with Gasteiger partial charge in [-0.05, 0) is 12.1 Å². The van der Waals surface area contributed by atoms with Crippen LogP contribution in [0.5, 0.6) is 0 Å². The molecule has 0 amide bonds. The number of hydrogen-bond donors (Lipinski definition) is 0.